The summed E-state index contributed by atoms with van der Waals surface area (Å²) in [5, 5.41) is 0. The van der Waals surface area contributed by atoms with Crippen LogP contribution in [0.25, 0.3) is 0 Å². The molecule has 2 amide bonds. The Kier molecular flexibility index (Phi) is 7.88. The minimum absolute atomic E-state index is 0.00857. The van der Waals surface area contributed by atoms with Gasteiger partial charge in [-0.3, -0.25) is 14.5 Å². The average molecular weight is 436 g/mol. The van der Waals surface area contributed by atoms with E-state index in [1.807, 2.05) is 40.1 Å². The Labute approximate surface area is 179 Å². The van der Waals surface area contributed by atoms with Crippen LogP contribution in [0.1, 0.15) is 24.8 Å². The van der Waals surface area contributed by atoms with E-state index in [2.05, 4.69) is 4.90 Å². The van der Waals surface area contributed by atoms with Crippen molar-refractivity contribution in [1.82, 2.24) is 14.7 Å². The largest absolute Gasteiger partial charge is 0.343 e. The summed E-state index contributed by atoms with van der Waals surface area (Å²) in [5.74, 6) is 0.515. The number of hydrogen-bond acceptors (Lipinski definition) is 5. The number of piperazine rings is 1. The number of amides is 2. The third-order valence-corrected chi connectivity index (χ3v) is 7.05. The first-order valence-corrected chi connectivity index (χ1v) is 12.9. The molecular formula is C22H33N3O4S. The van der Waals surface area contributed by atoms with E-state index in [0.717, 1.165) is 32.4 Å². The molecule has 30 heavy (non-hydrogen) atoms. The van der Waals surface area contributed by atoms with Gasteiger partial charge in [-0.25, -0.2) is 8.42 Å². The number of hydrogen-bond donors (Lipinski definition) is 0. The van der Waals surface area contributed by atoms with Crippen molar-refractivity contribution in [2.24, 2.45) is 5.92 Å². The molecular weight excluding hydrogens is 402 g/mol. The molecule has 8 heteroatoms. The molecule has 0 N–H and O–H groups in total. The lowest BCUT2D eigenvalue weighted by Crippen LogP contribution is -2.52. The van der Waals surface area contributed by atoms with Gasteiger partial charge in [0.15, 0.2) is 0 Å². The first kappa shape index (κ1) is 22.7. The third kappa shape index (κ3) is 6.80. The average Bonchev–Trinajstić information content (AvgIpc) is 2.76. The summed E-state index contributed by atoms with van der Waals surface area (Å²) in [6.07, 6.45) is 3.97. The van der Waals surface area contributed by atoms with Crippen molar-refractivity contribution in [3.05, 3.63) is 35.9 Å². The molecule has 0 atom stereocenters. The van der Waals surface area contributed by atoms with Crippen LogP contribution >= 0.6 is 0 Å². The highest BCUT2D eigenvalue weighted by Crippen LogP contribution is 2.21. The second-order valence-electron chi connectivity index (χ2n) is 8.44. The second kappa shape index (κ2) is 10.4. The SMILES string of the molecule is CS(=O)(=O)CCN1CCN(C(=O)C2CCN(C(=O)CCc3ccccc3)CC2)CC1. The predicted molar refractivity (Wildman–Crippen MR) is 117 cm³/mol. The van der Waals surface area contributed by atoms with E-state index in [1.54, 1.807) is 0 Å². The van der Waals surface area contributed by atoms with Crippen LogP contribution < -0.4 is 0 Å². The van der Waals surface area contributed by atoms with Gasteiger partial charge in [0.2, 0.25) is 11.8 Å². The van der Waals surface area contributed by atoms with E-state index < -0.39 is 9.84 Å². The monoisotopic (exact) mass is 435 g/mol. The Morgan fingerprint density at radius 1 is 0.933 bits per heavy atom. The van der Waals surface area contributed by atoms with E-state index in [0.29, 0.717) is 39.1 Å². The molecule has 7 nitrogen and oxygen atoms in total. The van der Waals surface area contributed by atoms with Crippen LogP contribution in [0.5, 0.6) is 0 Å². The maximum atomic E-state index is 12.9. The number of rotatable bonds is 7. The maximum absolute atomic E-state index is 12.9. The normalized spacial score (nSPS) is 19.1. The number of likely N-dealkylation sites (tertiary alicyclic amines) is 1. The van der Waals surface area contributed by atoms with Crippen molar-refractivity contribution in [3.8, 4) is 0 Å². The molecule has 166 valence electrons. The summed E-state index contributed by atoms with van der Waals surface area (Å²) < 4.78 is 22.6. The van der Waals surface area contributed by atoms with Crippen molar-refractivity contribution in [2.45, 2.75) is 25.7 Å². The number of aryl methyl sites for hydroxylation is 1. The minimum Gasteiger partial charge on any atom is -0.343 e. The van der Waals surface area contributed by atoms with Crippen LogP contribution in [0.3, 0.4) is 0 Å². The minimum atomic E-state index is -2.96. The highest BCUT2D eigenvalue weighted by atomic mass is 32.2. The van der Waals surface area contributed by atoms with E-state index >= 15 is 0 Å². The zero-order valence-electron chi connectivity index (χ0n) is 17.8. The molecule has 0 aromatic heterocycles. The summed E-state index contributed by atoms with van der Waals surface area (Å²) in [6, 6.07) is 10.0. The number of carbonyl (C=O) groups is 2. The second-order valence-corrected chi connectivity index (χ2v) is 10.7. The quantitative estimate of drug-likeness (QED) is 0.640. The molecule has 2 fully saturated rings. The van der Waals surface area contributed by atoms with E-state index in [-0.39, 0.29) is 23.5 Å². The van der Waals surface area contributed by atoms with Gasteiger partial charge in [-0.1, -0.05) is 30.3 Å². The summed E-state index contributed by atoms with van der Waals surface area (Å²) in [7, 11) is -2.96. The number of benzene rings is 1. The molecule has 2 aliphatic rings. The molecule has 1 aromatic rings. The van der Waals surface area contributed by atoms with Gasteiger partial charge < -0.3 is 9.80 Å². The van der Waals surface area contributed by atoms with Gasteiger partial charge in [0.05, 0.1) is 5.75 Å². The Balaban J connectivity index is 1.37. The number of nitrogens with zero attached hydrogens (tertiary/aromatic N) is 3. The summed E-state index contributed by atoms with van der Waals surface area (Å²) in [5.41, 5.74) is 1.17. The maximum Gasteiger partial charge on any atom is 0.225 e. The molecule has 2 heterocycles. The molecule has 0 saturated carbocycles. The first-order chi connectivity index (χ1) is 14.3. The van der Waals surface area contributed by atoms with Crippen LogP contribution in [0.4, 0.5) is 0 Å². The van der Waals surface area contributed by atoms with Crippen molar-refractivity contribution < 1.29 is 18.0 Å². The van der Waals surface area contributed by atoms with Gasteiger partial charge in [-0.2, -0.15) is 0 Å². The van der Waals surface area contributed by atoms with Crippen LogP contribution in [-0.2, 0) is 25.8 Å². The van der Waals surface area contributed by atoms with Crippen molar-refractivity contribution in [1.29, 1.82) is 0 Å². The highest BCUT2D eigenvalue weighted by molar-refractivity contribution is 7.90. The molecule has 2 saturated heterocycles. The van der Waals surface area contributed by atoms with Gasteiger partial charge in [0.1, 0.15) is 9.84 Å². The smallest absolute Gasteiger partial charge is 0.225 e. The highest BCUT2D eigenvalue weighted by Gasteiger charge is 2.31. The molecule has 2 aliphatic heterocycles. The molecule has 3 rings (SSSR count). The fraction of sp³-hybridized carbons (Fsp3) is 0.636. The Bertz CT molecular complexity index is 812. The van der Waals surface area contributed by atoms with Crippen LogP contribution in [0.2, 0.25) is 0 Å². The molecule has 1 aromatic carbocycles. The molecule has 0 aliphatic carbocycles. The standard InChI is InChI=1S/C22H33N3O4S/c1-30(28,29)18-17-23-13-15-25(16-14-23)22(27)20-9-11-24(12-10-20)21(26)8-7-19-5-3-2-4-6-19/h2-6,20H,7-18H2,1H3. The van der Waals surface area contributed by atoms with Crippen LogP contribution in [0, 0.1) is 5.92 Å². The zero-order chi connectivity index (χ0) is 21.6. The number of piperidine rings is 1. The molecule has 0 unspecified atom stereocenters. The lowest BCUT2D eigenvalue weighted by Gasteiger charge is -2.38. The van der Waals surface area contributed by atoms with Crippen LogP contribution in [-0.4, -0.2) is 92.8 Å². The van der Waals surface area contributed by atoms with Gasteiger partial charge in [0, 0.05) is 64.4 Å². The fourth-order valence-corrected chi connectivity index (χ4v) is 4.76. The number of carbonyl (C=O) groups excluding carboxylic acids is 2. The third-order valence-electron chi connectivity index (χ3n) is 6.13. The lowest BCUT2D eigenvalue weighted by atomic mass is 9.94. The van der Waals surface area contributed by atoms with Crippen molar-refractivity contribution >= 4 is 21.7 Å². The fourth-order valence-electron chi connectivity index (χ4n) is 4.17. The Morgan fingerprint density at radius 3 is 2.17 bits per heavy atom. The van der Waals surface area contributed by atoms with Crippen molar-refractivity contribution in [2.75, 3.05) is 57.8 Å². The molecule has 0 bridgehead atoms. The summed E-state index contributed by atoms with van der Waals surface area (Å²) in [4.78, 5) is 31.3. The van der Waals surface area contributed by atoms with Gasteiger partial charge in [-0.15, -0.1) is 0 Å². The summed E-state index contributed by atoms with van der Waals surface area (Å²) in [6.45, 7) is 4.58. The van der Waals surface area contributed by atoms with E-state index in [1.165, 1.54) is 11.8 Å². The van der Waals surface area contributed by atoms with Gasteiger partial charge in [0.25, 0.3) is 0 Å². The van der Waals surface area contributed by atoms with E-state index in [4.69, 9.17) is 0 Å². The molecule has 0 radical (unpaired) electrons. The van der Waals surface area contributed by atoms with Crippen molar-refractivity contribution in [3.63, 3.8) is 0 Å². The van der Waals surface area contributed by atoms with Gasteiger partial charge in [-0.05, 0) is 24.8 Å². The van der Waals surface area contributed by atoms with Gasteiger partial charge >= 0.3 is 0 Å². The zero-order valence-corrected chi connectivity index (χ0v) is 18.6. The van der Waals surface area contributed by atoms with Crippen LogP contribution in [0.15, 0.2) is 30.3 Å². The Morgan fingerprint density at radius 2 is 1.57 bits per heavy atom. The molecule has 0 spiro atoms. The lowest BCUT2D eigenvalue weighted by molar-refractivity contribution is -0.142. The Hall–Kier alpha value is -1.93. The first-order valence-electron chi connectivity index (χ1n) is 10.8. The summed E-state index contributed by atoms with van der Waals surface area (Å²) >= 11 is 0. The topological polar surface area (TPSA) is 78.0 Å². The predicted octanol–water partition coefficient (Wildman–Crippen LogP) is 1.05. The van der Waals surface area contributed by atoms with E-state index in [9.17, 15) is 18.0 Å². The number of sulfone groups is 1.